The fraction of sp³-hybridized carbons (Fsp3) is 0.500. The Bertz CT molecular complexity index is 334. The van der Waals surface area contributed by atoms with Gasteiger partial charge in [-0.05, 0) is 31.5 Å². The summed E-state index contributed by atoms with van der Waals surface area (Å²) >= 11 is 0. The molecule has 1 saturated heterocycles. The first-order valence-electron chi connectivity index (χ1n) is 5.64. The summed E-state index contributed by atoms with van der Waals surface area (Å²) in [5.74, 6) is 0.201. The van der Waals surface area contributed by atoms with Gasteiger partial charge in [-0.15, -0.1) is 0 Å². The van der Waals surface area contributed by atoms with E-state index in [4.69, 9.17) is 4.74 Å². The van der Waals surface area contributed by atoms with Crippen LogP contribution in [0.25, 0.3) is 0 Å². The molecule has 0 aromatic carbocycles. The van der Waals surface area contributed by atoms with E-state index < -0.39 is 0 Å². The van der Waals surface area contributed by atoms with Gasteiger partial charge in [0.2, 0.25) is 0 Å². The van der Waals surface area contributed by atoms with Crippen LogP contribution in [0.4, 0.5) is 0 Å². The number of rotatable bonds is 3. The predicted molar refractivity (Wildman–Crippen MR) is 60.1 cm³/mol. The van der Waals surface area contributed by atoms with Crippen LogP contribution >= 0.6 is 0 Å². The zero-order valence-electron chi connectivity index (χ0n) is 9.19. The Hall–Kier alpha value is -1.42. The molecule has 2 rings (SSSR count). The summed E-state index contributed by atoms with van der Waals surface area (Å²) in [6.07, 6.45) is 5.49. The number of carbonyl (C=O) groups is 1. The van der Waals surface area contributed by atoms with Gasteiger partial charge in [0.25, 0.3) is 0 Å². The molecule has 16 heavy (non-hydrogen) atoms. The van der Waals surface area contributed by atoms with Crippen molar-refractivity contribution < 1.29 is 9.53 Å². The average Bonchev–Trinajstić information content (AvgIpc) is 2.38. The van der Waals surface area contributed by atoms with Gasteiger partial charge in [0, 0.05) is 24.9 Å². The Kier molecular flexibility index (Phi) is 3.88. The molecule has 1 atom stereocenters. The zero-order valence-corrected chi connectivity index (χ0v) is 9.19. The fourth-order valence-electron chi connectivity index (χ4n) is 1.83. The average molecular weight is 220 g/mol. The summed E-state index contributed by atoms with van der Waals surface area (Å²) < 4.78 is 5.26. The molecule has 2 heterocycles. The molecule has 0 aliphatic carbocycles. The van der Waals surface area contributed by atoms with Crippen molar-refractivity contribution in [1.29, 1.82) is 0 Å². The van der Waals surface area contributed by atoms with Crippen LogP contribution in [0.15, 0.2) is 24.5 Å². The number of piperidine rings is 1. The van der Waals surface area contributed by atoms with Gasteiger partial charge in [0.15, 0.2) is 0 Å². The molecule has 0 amide bonds. The highest BCUT2D eigenvalue weighted by Gasteiger charge is 2.15. The number of aromatic nitrogens is 1. The van der Waals surface area contributed by atoms with Crippen LogP contribution in [0.1, 0.15) is 23.2 Å². The van der Waals surface area contributed by atoms with Crippen molar-refractivity contribution in [2.24, 2.45) is 5.92 Å². The van der Waals surface area contributed by atoms with Gasteiger partial charge in [-0.1, -0.05) is 0 Å². The van der Waals surface area contributed by atoms with Gasteiger partial charge in [-0.25, -0.2) is 4.79 Å². The molecule has 0 saturated carbocycles. The maximum Gasteiger partial charge on any atom is 0.338 e. The minimum atomic E-state index is -0.257. The lowest BCUT2D eigenvalue weighted by Gasteiger charge is -2.22. The topological polar surface area (TPSA) is 51.2 Å². The quantitative estimate of drug-likeness (QED) is 0.779. The van der Waals surface area contributed by atoms with E-state index in [-0.39, 0.29) is 5.97 Å². The molecule has 1 aliphatic rings. The fourth-order valence-corrected chi connectivity index (χ4v) is 1.83. The summed E-state index contributed by atoms with van der Waals surface area (Å²) in [6.45, 7) is 2.53. The third kappa shape index (κ3) is 3.03. The molecule has 1 N–H and O–H groups in total. The zero-order chi connectivity index (χ0) is 11.2. The largest absolute Gasteiger partial charge is 0.462 e. The van der Waals surface area contributed by atoms with Crippen molar-refractivity contribution >= 4 is 5.97 Å². The van der Waals surface area contributed by atoms with E-state index in [2.05, 4.69) is 10.3 Å². The van der Waals surface area contributed by atoms with Gasteiger partial charge < -0.3 is 10.1 Å². The second-order valence-electron chi connectivity index (χ2n) is 4.05. The van der Waals surface area contributed by atoms with Crippen molar-refractivity contribution in [2.45, 2.75) is 12.8 Å². The van der Waals surface area contributed by atoms with E-state index >= 15 is 0 Å². The molecule has 4 heteroatoms. The number of hydrogen-bond donors (Lipinski definition) is 1. The summed E-state index contributed by atoms with van der Waals surface area (Å²) in [5.41, 5.74) is 0.568. The first-order valence-corrected chi connectivity index (χ1v) is 5.64. The predicted octanol–water partition coefficient (Wildman–Crippen LogP) is 1.24. The monoisotopic (exact) mass is 220 g/mol. The number of carbonyl (C=O) groups excluding carboxylic acids is 1. The molecular weight excluding hydrogens is 204 g/mol. The van der Waals surface area contributed by atoms with Crippen molar-refractivity contribution in [2.75, 3.05) is 19.7 Å². The third-order valence-electron chi connectivity index (χ3n) is 2.77. The number of pyridine rings is 1. The van der Waals surface area contributed by atoms with E-state index in [0.717, 1.165) is 25.9 Å². The molecule has 0 radical (unpaired) electrons. The van der Waals surface area contributed by atoms with Crippen molar-refractivity contribution in [3.05, 3.63) is 30.1 Å². The Morgan fingerprint density at radius 3 is 3.00 bits per heavy atom. The Morgan fingerprint density at radius 1 is 1.50 bits per heavy atom. The van der Waals surface area contributed by atoms with Gasteiger partial charge in [-0.3, -0.25) is 4.98 Å². The SMILES string of the molecule is O=C(OC[C@H]1CCCNC1)c1ccncc1. The molecule has 1 aromatic heterocycles. The van der Waals surface area contributed by atoms with E-state index in [0.29, 0.717) is 18.1 Å². The maximum atomic E-state index is 11.6. The number of hydrogen-bond acceptors (Lipinski definition) is 4. The molecule has 0 spiro atoms. The molecule has 1 fully saturated rings. The lowest BCUT2D eigenvalue weighted by atomic mass is 10.0. The molecule has 1 aromatic rings. The molecule has 0 bridgehead atoms. The standard InChI is InChI=1S/C12H16N2O2/c15-12(11-3-6-13-7-4-11)16-9-10-2-1-5-14-8-10/h3-4,6-7,10,14H,1-2,5,8-9H2/t10-/m0/s1. The summed E-state index contributed by atoms with van der Waals surface area (Å²) in [4.78, 5) is 15.5. The van der Waals surface area contributed by atoms with Crippen LogP contribution < -0.4 is 5.32 Å². The third-order valence-corrected chi connectivity index (χ3v) is 2.77. The van der Waals surface area contributed by atoms with Gasteiger partial charge in [-0.2, -0.15) is 0 Å². The lowest BCUT2D eigenvalue weighted by Crippen LogP contribution is -2.32. The van der Waals surface area contributed by atoms with E-state index in [1.807, 2.05) is 0 Å². The summed E-state index contributed by atoms with van der Waals surface area (Å²) in [5, 5.41) is 3.30. The smallest absolute Gasteiger partial charge is 0.338 e. The number of ether oxygens (including phenoxy) is 1. The second kappa shape index (κ2) is 5.61. The number of nitrogens with one attached hydrogen (secondary N) is 1. The van der Waals surface area contributed by atoms with Crippen molar-refractivity contribution in [3.8, 4) is 0 Å². The van der Waals surface area contributed by atoms with Gasteiger partial charge >= 0.3 is 5.97 Å². The minimum Gasteiger partial charge on any atom is -0.462 e. The van der Waals surface area contributed by atoms with Crippen molar-refractivity contribution in [3.63, 3.8) is 0 Å². The minimum absolute atomic E-state index is 0.257. The lowest BCUT2D eigenvalue weighted by molar-refractivity contribution is 0.0421. The van der Waals surface area contributed by atoms with Gasteiger partial charge in [0.1, 0.15) is 0 Å². The maximum absolute atomic E-state index is 11.6. The van der Waals surface area contributed by atoms with Crippen LogP contribution in [-0.2, 0) is 4.74 Å². The Balaban J connectivity index is 1.79. The first-order chi connectivity index (χ1) is 7.86. The Labute approximate surface area is 95.0 Å². The van der Waals surface area contributed by atoms with Crippen LogP contribution in [0, 0.1) is 5.92 Å². The van der Waals surface area contributed by atoms with Crippen LogP contribution in [0.3, 0.4) is 0 Å². The normalized spacial score (nSPS) is 20.4. The highest BCUT2D eigenvalue weighted by atomic mass is 16.5. The Morgan fingerprint density at radius 2 is 2.31 bits per heavy atom. The van der Waals surface area contributed by atoms with Crippen LogP contribution in [0.5, 0.6) is 0 Å². The van der Waals surface area contributed by atoms with Crippen molar-refractivity contribution in [1.82, 2.24) is 10.3 Å². The molecule has 86 valence electrons. The molecular formula is C12H16N2O2. The van der Waals surface area contributed by atoms with E-state index in [9.17, 15) is 4.79 Å². The highest BCUT2D eigenvalue weighted by molar-refractivity contribution is 5.89. The highest BCUT2D eigenvalue weighted by Crippen LogP contribution is 2.11. The number of esters is 1. The van der Waals surface area contributed by atoms with E-state index in [1.165, 1.54) is 0 Å². The molecule has 4 nitrogen and oxygen atoms in total. The second-order valence-corrected chi connectivity index (χ2v) is 4.05. The molecule has 0 unspecified atom stereocenters. The van der Waals surface area contributed by atoms with Gasteiger partial charge in [0.05, 0.1) is 12.2 Å². The molecule has 1 aliphatic heterocycles. The van der Waals surface area contributed by atoms with Crippen LogP contribution in [-0.4, -0.2) is 30.6 Å². The van der Waals surface area contributed by atoms with E-state index in [1.54, 1.807) is 24.5 Å². The van der Waals surface area contributed by atoms with Crippen LogP contribution in [0.2, 0.25) is 0 Å². The summed E-state index contributed by atoms with van der Waals surface area (Å²) in [7, 11) is 0. The first kappa shape index (κ1) is 11.1. The summed E-state index contributed by atoms with van der Waals surface area (Å²) in [6, 6.07) is 3.34. The number of nitrogens with zero attached hydrogens (tertiary/aromatic N) is 1.